The Morgan fingerprint density at radius 3 is 2.47 bits per heavy atom. The van der Waals surface area contributed by atoms with E-state index in [1.54, 1.807) is 0 Å². The summed E-state index contributed by atoms with van der Waals surface area (Å²) >= 11 is 0. The molecular weight excluding hydrogens is 186 g/mol. The summed E-state index contributed by atoms with van der Waals surface area (Å²) < 4.78 is 0. The van der Waals surface area contributed by atoms with Gasteiger partial charge in [-0.05, 0) is 44.0 Å². The summed E-state index contributed by atoms with van der Waals surface area (Å²) in [5, 5.41) is 7.28. The van der Waals surface area contributed by atoms with Crippen molar-refractivity contribution in [1.82, 2.24) is 10.2 Å². The Bertz CT molecular complexity index is 498. The van der Waals surface area contributed by atoms with Crippen LogP contribution in [0.15, 0.2) is 18.2 Å². The zero-order chi connectivity index (χ0) is 11.0. The standard InChI is InChI=1S/C12H15N3/c1-7-6-10(4-5-11(7)13)12-8(2)9(3)14-15-12/h4-6H,13H2,1-3H3,(H,14,15). The fourth-order valence-electron chi connectivity index (χ4n) is 1.59. The van der Waals surface area contributed by atoms with Gasteiger partial charge in [-0.25, -0.2) is 0 Å². The molecule has 1 aromatic heterocycles. The van der Waals surface area contributed by atoms with Gasteiger partial charge in [-0.2, -0.15) is 5.10 Å². The molecule has 0 amide bonds. The molecule has 0 spiro atoms. The highest BCUT2D eigenvalue weighted by molar-refractivity contribution is 5.67. The van der Waals surface area contributed by atoms with E-state index in [0.717, 1.165) is 28.2 Å². The summed E-state index contributed by atoms with van der Waals surface area (Å²) in [5.74, 6) is 0. The number of nitrogens with two attached hydrogens (primary N) is 1. The molecule has 15 heavy (non-hydrogen) atoms. The van der Waals surface area contributed by atoms with Crippen molar-refractivity contribution in [3.05, 3.63) is 35.0 Å². The Hall–Kier alpha value is -1.77. The Morgan fingerprint density at radius 1 is 1.20 bits per heavy atom. The highest BCUT2D eigenvalue weighted by Crippen LogP contribution is 2.25. The van der Waals surface area contributed by atoms with Gasteiger partial charge in [-0.1, -0.05) is 6.07 Å². The number of nitrogens with zero attached hydrogens (tertiary/aromatic N) is 1. The zero-order valence-corrected chi connectivity index (χ0v) is 9.26. The maximum Gasteiger partial charge on any atom is 0.0952 e. The lowest BCUT2D eigenvalue weighted by Gasteiger charge is -2.03. The fraction of sp³-hybridized carbons (Fsp3) is 0.250. The van der Waals surface area contributed by atoms with Gasteiger partial charge in [0.2, 0.25) is 0 Å². The van der Waals surface area contributed by atoms with Crippen molar-refractivity contribution in [3.8, 4) is 11.3 Å². The normalized spacial score (nSPS) is 10.6. The highest BCUT2D eigenvalue weighted by atomic mass is 15.1. The van der Waals surface area contributed by atoms with Gasteiger partial charge in [0.15, 0.2) is 0 Å². The van der Waals surface area contributed by atoms with Crippen molar-refractivity contribution in [2.45, 2.75) is 20.8 Å². The van der Waals surface area contributed by atoms with Gasteiger partial charge < -0.3 is 5.73 Å². The average Bonchev–Trinajstić information content (AvgIpc) is 2.53. The first kappa shape index (κ1) is 9.77. The number of H-pyrrole nitrogens is 1. The molecule has 3 heteroatoms. The number of aromatic amines is 1. The maximum absolute atomic E-state index is 5.78. The quantitative estimate of drug-likeness (QED) is 0.697. The smallest absolute Gasteiger partial charge is 0.0952 e. The summed E-state index contributed by atoms with van der Waals surface area (Å²) in [6.45, 7) is 6.10. The zero-order valence-electron chi connectivity index (χ0n) is 9.26. The average molecular weight is 201 g/mol. The second-order valence-electron chi connectivity index (χ2n) is 3.89. The van der Waals surface area contributed by atoms with Crippen LogP contribution in [0.5, 0.6) is 0 Å². The highest BCUT2D eigenvalue weighted by Gasteiger charge is 2.08. The fourth-order valence-corrected chi connectivity index (χ4v) is 1.59. The molecule has 0 radical (unpaired) electrons. The molecule has 0 atom stereocenters. The molecule has 0 aliphatic rings. The van der Waals surface area contributed by atoms with Crippen molar-refractivity contribution in [2.24, 2.45) is 0 Å². The molecular formula is C12H15N3. The van der Waals surface area contributed by atoms with Crippen LogP contribution in [-0.4, -0.2) is 10.2 Å². The summed E-state index contributed by atoms with van der Waals surface area (Å²) in [6.07, 6.45) is 0. The monoisotopic (exact) mass is 201 g/mol. The van der Waals surface area contributed by atoms with E-state index >= 15 is 0 Å². The first-order valence-corrected chi connectivity index (χ1v) is 4.97. The number of hydrogen-bond donors (Lipinski definition) is 2. The topological polar surface area (TPSA) is 54.7 Å². The number of nitrogens with one attached hydrogen (secondary N) is 1. The summed E-state index contributed by atoms with van der Waals surface area (Å²) in [6, 6.07) is 6.00. The molecule has 0 unspecified atom stereocenters. The van der Waals surface area contributed by atoms with E-state index in [2.05, 4.69) is 23.2 Å². The molecule has 0 saturated heterocycles. The van der Waals surface area contributed by atoms with Crippen LogP contribution in [0.25, 0.3) is 11.3 Å². The van der Waals surface area contributed by atoms with E-state index in [9.17, 15) is 0 Å². The molecule has 0 aliphatic heterocycles. The van der Waals surface area contributed by atoms with Crippen LogP contribution >= 0.6 is 0 Å². The lowest BCUT2D eigenvalue weighted by atomic mass is 10.0. The van der Waals surface area contributed by atoms with Crippen LogP contribution in [0.1, 0.15) is 16.8 Å². The molecule has 0 fully saturated rings. The lowest BCUT2D eigenvalue weighted by molar-refractivity contribution is 1.05. The first-order valence-electron chi connectivity index (χ1n) is 4.97. The predicted octanol–water partition coefficient (Wildman–Crippen LogP) is 2.58. The van der Waals surface area contributed by atoms with Crippen LogP contribution in [0, 0.1) is 20.8 Å². The van der Waals surface area contributed by atoms with Crippen molar-refractivity contribution >= 4 is 5.69 Å². The Morgan fingerprint density at radius 2 is 1.93 bits per heavy atom. The minimum atomic E-state index is 0.823. The number of aryl methyl sites for hydroxylation is 2. The van der Waals surface area contributed by atoms with Crippen LogP contribution < -0.4 is 5.73 Å². The Kier molecular flexibility index (Phi) is 2.23. The number of nitrogen functional groups attached to an aromatic ring is 1. The summed E-state index contributed by atoms with van der Waals surface area (Å²) in [7, 11) is 0. The van der Waals surface area contributed by atoms with E-state index in [-0.39, 0.29) is 0 Å². The number of hydrogen-bond acceptors (Lipinski definition) is 2. The van der Waals surface area contributed by atoms with Crippen LogP contribution in [0.3, 0.4) is 0 Å². The lowest BCUT2D eigenvalue weighted by Crippen LogP contribution is -1.90. The molecule has 0 aliphatic carbocycles. The molecule has 3 nitrogen and oxygen atoms in total. The van der Waals surface area contributed by atoms with Gasteiger partial charge in [0.25, 0.3) is 0 Å². The van der Waals surface area contributed by atoms with E-state index in [0.29, 0.717) is 0 Å². The molecule has 78 valence electrons. The largest absolute Gasteiger partial charge is 0.399 e. The van der Waals surface area contributed by atoms with Gasteiger partial charge in [-0.3, -0.25) is 5.10 Å². The Labute approximate surface area is 89.3 Å². The van der Waals surface area contributed by atoms with Crippen molar-refractivity contribution in [2.75, 3.05) is 5.73 Å². The van der Waals surface area contributed by atoms with Crippen LogP contribution in [0.4, 0.5) is 5.69 Å². The summed E-state index contributed by atoms with van der Waals surface area (Å²) in [5.41, 5.74) is 12.1. The molecule has 0 bridgehead atoms. The first-order chi connectivity index (χ1) is 7.09. The van der Waals surface area contributed by atoms with Crippen molar-refractivity contribution in [1.29, 1.82) is 0 Å². The molecule has 1 heterocycles. The van der Waals surface area contributed by atoms with Crippen molar-refractivity contribution < 1.29 is 0 Å². The van der Waals surface area contributed by atoms with Gasteiger partial charge >= 0.3 is 0 Å². The predicted molar refractivity (Wildman–Crippen MR) is 62.6 cm³/mol. The van der Waals surface area contributed by atoms with E-state index in [1.807, 2.05) is 26.0 Å². The molecule has 0 saturated carbocycles. The third-order valence-corrected chi connectivity index (χ3v) is 2.80. The van der Waals surface area contributed by atoms with Gasteiger partial charge in [0, 0.05) is 16.9 Å². The number of aromatic nitrogens is 2. The number of benzene rings is 1. The van der Waals surface area contributed by atoms with Crippen LogP contribution in [0.2, 0.25) is 0 Å². The van der Waals surface area contributed by atoms with Crippen LogP contribution in [-0.2, 0) is 0 Å². The second kappa shape index (κ2) is 3.42. The van der Waals surface area contributed by atoms with Gasteiger partial charge in [0.1, 0.15) is 0 Å². The minimum Gasteiger partial charge on any atom is -0.399 e. The van der Waals surface area contributed by atoms with E-state index in [1.165, 1.54) is 5.56 Å². The SMILES string of the molecule is Cc1cc(-c2n[nH]c(C)c2C)ccc1N. The summed E-state index contributed by atoms with van der Waals surface area (Å²) in [4.78, 5) is 0. The van der Waals surface area contributed by atoms with Crippen molar-refractivity contribution in [3.63, 3.8) is 0 Å². The third kappa shape index (κ3) is 1.61. The number of rotatable bonds is 1. The molecule has 1 aromatic carbocycles. The Balaban J connectivity index is 2.55. The molecule has 2 rings (SSSR count). The number of anilines is 1. The minimum absolute atomic E-state index is 0.823. The van der Waals surface area contributed by atoms with E-state index < -0.39 is 0 Å². The third-order valence-electron chi connectivity index (χ3n) is 2.80. The molecule has 2 aromatic rings. The second-order valence-corrected chi connectivity index (χ2v) is 3.89. The van der Waals surface area contributed by atoms with Gasteiger partial charge in [-0.15, -0.1) is 0 Å². The molecule has 3 N–H and O–H groups in total. The van der Waals surface area contributed by atoms with E-state index in [4.69, 9.17) is 5.73 Å². The van der Waals surface area contributed by atoms with Gasteiger partial charge in [0.05, 0.1) is 5.69 Å². The maximum atomic E-state index is 5.78.